The lowest BCUT2D eigenvalue weighted by Gasteiger charge is -2.14. The second-order valence-electron chi connectivity index (χ2n) is 4.21. The van der Waals surface area contributed by atoms with E-state index < -0.39 is 12.6 Å². The zero-order valence-electron chi connectivity index (χ0n) is 11.3. The highest BCUT2D eigenvalue weighted by atomic mass is 35.5. The average molecular weight is 312 g/mol. The molecule has 0 aliphatic heterocycles. The van der Waals surface area contributed by atoms with E-state index in [0.717, 1.165) is 5.56 Å². The van der Waals surface area contributed by atoms with Crippen molar-refractivity contribution in [2.75, 3.05) is 20.8 Å². The molecule has 3 nitrogen and oxygen atoms in total. The lowest BCUT2D eigenvalue weighted by molar-refractivity contribution is -0.136. The topological polar surface area (TPSA) is 30.5 Å². The highest BCUT2D eigenvalue weighted by Crippen LogP contribution is 2.36. The van der Waals surface area contributed by atoms with Crippen molar-refractivity contribution in [2.24, 2.45) is 0 Å². The molecular weight excluding hydrogens is 295 g/mol. The molecule has 0 heterocycles. The first-order valence-corrected chi connectivity index (χ1v) is 6.45. The van der Waals surface area contributed by atoms with Crippen LogP contribution in [-0.2, 0) is 6.54 Å². The third-order valence-corrected chi connectivity index (χ3v) is 2.80. The predicted molar refractivity (Wildman–Crippen MR) is 71.6 cm³/mol. The predicted octanol–water partition coefficient (Wildman–Crippen LogP) is 3.79. The maximum Gasteiger partial charge on any atom is 0.389 e. The van der Waals surface area contributed by atoms with Crippen LogP contribution in [0.2, 0.25) is 5.02 Å². The van der Waals surface area contributed by atoms with Crippen LogP contribution in [0.5, 0.6) is 11.5 Å². The number of ether oxygens (including phenoxy) is 2. The normalized spacial score (nSPS) is 11.5. The Morgan fingerprint density at radius 3 is 2.55 bits per heavy atom. The molecule has 0 saturated heterocycles. The number of halogens is 4. The van der Waals surface area contributed by atoms with Gasteiger partial charge in [0.1, 0.15) is 0 Å². The van der Waals surface area contributed by atoms with Crippen LogP contribution in [0.3, 0.4) is 0 Å². The van der Waals surface area contributed by atoms with E-state index in [0.29, 0.717) is 17.3 Å². The molecule has 7 heteroatoms. The second kappa shape index (κ2) is 7.59. The molecule has 1 aromatic rings. The maximum absolute atomic E-state index is 12.0. The molecule has 0 amide bonds. The Bertz CT molecular complexity index is 438. The van der Waals surface area contributed by atoms with Gasteiger partial charge in [-0.2, -0.15) is 13.2 Å². The average Bonchev–Trinajstić information content (AvgIpc) is 2.35. The lowest BCUT2D eigenvalue weighted by Crippen LogP contribution is -2.10. The smallest absolute Gasteiger partial charge is 0.389 e. The molecule has 0 radical (unpaired) electrons. The minimum Gasteiger partial charge on any atom is -0.493 e. The van der Waals surface area contributed by atoms with E-state index in [2.05, 4.69) is 5.32 Å². The van der Waals surface area contributed by atoms with Gasteiger partial charge >= 0.3 is 6.18 Å². The Kier molecular flexibility index (Phi) is 6.42. The molecule has 114 valence electrons. The van der Waals surface area contributed by atoms with E-state index in [1.807, 2.05) is 0 Å². The van der Waals surface area contributed by atoms with Gasteiger partial charge < -0.3 is 14.8 Å². The van der Waals surface area contributed by atoms with Gasteiger partial charge in [0.25, 0.3) is 0 Å². The van der Waals surface area contributed by atoms with Crippen LogP contribution in [0.25, 0.3) is 0 Å². The molecule has 0 saturated carbocycles. The molecule has 1 N–H and O–H groups in total. The molecule has 0 unspecified atom stereocenters. The summed E-state index contributed by atoms with van der Waals surface area (Å²) in [7, 11) is 3.25. The first-order valence-electron chi connectivity index (χ1n) is 6.08. The van der Waals surface area contributed by atoms with Gasteiger partial charge in [-0.3, -0.25) is 0 Å². The van der Waals surface area contributed by atoms with Gasteiger partial charge in [0.2, 0.25) is 0 Å². The van der Waals surface area contributed by atoms with Gasteiger partial charge in [0, 0.05) is 13.0 Å². The zero-order valence-corrected chi connectivity index (χ0v) is 12.1. The zero-order chi connectivity index (χ0) is 15.2. The van der Waals surface area contributed by atoms with Crippen molar-refractivity contribution in [3.63, 3.8) is 0 Å². The minimum absolute atomic E-state index is 0.0685. The van der Waals surface area contributed by atoms with Crippen LogP contribution >= 0.6 is 11.6 Å². The number of benzene rings is 1. The van der Waals surface area contributed by atoms with E-state index in [1.165, 1.54) is 7.11 Å². The Morgan fingerprint density at radius 2 is 2.00 bits per heavy atom. The van der Waals surface area contributed by atoms with Crippen molar-refractivity contribution in [2.45, 2.75) is 25.6 Å². The number of alkyl halides is 3. The fourth-order valence-corrected chi connectivity index (χ4v) is 1.95. The highest BCUT2D eigenvalue weighted by Gasteiger charge is 2.26. The largest absolute Gasteiger partial charge is 0.493 e. The fraction of sp³-hybridized carbons (Fsp3) is 0.538. The number of rotatable bonds is 7. The van der Waals surface area contributed by atoms with Crippen LogP contribution in [0, 0.1) is 0 Å². The highest BCUT2D eigenvalue weighted by molar-refractivity contribution is 6.32. The van der Waals surface area contributed by atoms with Crippen LogP contribution in [0.4, 0.5) is 13.2 Å². The fourth-order valence-electron chi connectivity index (χ4n) is 1.67. The first-order chi connectivity index (χ1) is 9.37. The van der Waals surface area contributed by atoms with Crippen molar-refractivity contribution >= 4 is 11.6 Å². The van der Waals surface area contributed by atoms with Gasteiger partial charge in [0.15, 0.2) is 11.5 Å². The van der Waals surface area contributed by atoms with E-state index in [-0.39, 0.29) is 18.8 Å². The van der Waals surface area contributed by atoms with Crippen molar-refractivity contribution in [1.82, 2.24) is 5.32 Å². The molecular formula is C13H17ClF3NO2. The molecule has 0 aromatic heterocycles. The minimum atomic E-state index is -4.17. The third kappa shape index (κ3) is 5.46. The van der Waals surface area contributed by atoms with Crippen LogP contribution in [0.15, 0.2) is 12.1 Å². The summed E-state index contributed by atoms with van der Waals surface area (Å²) in [6.07, 6.45) is -5.18. The van der Waals surface area contributed by atoms with Crippen molar-refractivity contribution < 1.29 is 22.6 Å². The molecule has 1 aromatic carbocycles. The molecule has 0 aliphatic rings. The summed E-state index contributed by atoms with van der Waals surface area (Å²) in [6, 6.07) is 3.43. The van der Waals surface area contributed by atoms with Gasteiger partial charge in [-0.05, 0) is 31.2 Å². The first kappa shape index (κ1) is 16.9. The van der Waals surface area contributed by atoms with Crippen LogP contribution in [-0.4, -0.2) is 26.9 Å². The number of hydrogen-bond donors (Lipinski definition) is 1. The number of hydrogen-bond acceptors (Lipinski definition) is 3. The summed E-state index contributed by atoms with van der Waals surface area (Å²) >= 11 is 6.06. The summed E-state index contributed by atoms with van der Waals surface area (Å²) in [4.78, 5) is 0. The molecule has 0 aliphatic carbocycles. The van der Waals surface area contributed by atoms with Gasteiger partial charge in [-0.25, -0.2) is 0 Å². The van der Waals surface area contributed by atoms with Gasteiger partial charge in [-0.1, -0.05) is 11.6 Å². The van der Waals surface area contributed by atoms with E-state index in [4.69, 9.17) is 21.1 Å². The standard InChI is InChI=1S/C13H17ClF3NO2/c1-18-8-9-6-10(14)12(11(7-9)19-2)20-5-3-4-13(15,16)17/h6-7,18H,3-5,8H2,1-2H3. The summed E-state index contributed by atoms with van der Waals surface area (Å²) in [5.74, 6) is 0.686. The van der Waals surface area contributed by atoms with Crippen molar-refractivity contribution in [1.29, 1.82) is 0 Å². The SMILES string of the molecule is CNCc1cc(Cl)c(OCCCC(F)(F)F)c(OC)c1. The van der Waals surface area contributed by atoms with Crippen molar-refractivity contribution in [3.05, 3.63) is 22.7 Å². The van der Waals surface area contributed by atoms with Gasteiger partial charge in [-0.15, -0.1) is 0 Å². The van der Waals surface area contributed by atoms with E-state index in [9.17, 15) is 13.2 Å². The molecule has 1 rings (SSSR count). The van der Waals surface area contributed by atoms with E-state index in [1.54, 1.807) is 19.2 Å². The summed E-state index contributed by atoms with van der Waals surface area (Å²) in [6.45, 7) is 0.533. The Labute approximate surface area is 121 Å². The lowest BCUT2D eigenvalue weighted by atomic mass is 10.2. The molecule has 20 heavy (non-hydrogen) atoms. The molecule has 0 fully saturated rings. The summed E-state index contributed by atoms with van der Waals surface area (Å²) in [5, 5.41) is 3.29. The Balaban J connectivity index is 2.69. The van der Waals surface area contributed by atoms with Crippen LogP contribution < -0.4 is 14.8 Å². The molecule has 0 spiro atoms. The molecule has 0 atom stereocenters. The summed E-state index contributed by atoms with van der Waals surface area (Å²) in [5.41, 5.74) is 0.900. The van der Waals surface area contributed by atoms with Crippen LogP contribution in [0.1, 0.15) is 18.4 Å². The number of nitrogens with one attached hydrogen (secondary N) is 1. The molecule has 0 bridgehead atoms. The van der Waals surface area contributed by atoms with Gasteiger partial charge in [0.05, 0.1) is 18.7 Å². The number of methoxy groups -OCH3 is 1. The maximum atomic E-state index is 12.0. The van der Waals surface area contributed by atoms with E-state index >= 15 is 0 Å². The monoisotopic (exact) mass is 311 g/mol. The second-order valence-corrected chi connectivity index (χ2v) is 4.61. The van der Waals surface area contributed by atoms with Crippen molar-refractivity contribution in [3.8, 4) is 11.5 Å². The summed E-state index contributed by atoms with van der Waals surface area (Å²) < 4.78 is 46.6. The quantitative estimate of drug-likeness (QED) is 0.777. The third-order valence-electron chi connectivity index (χ3n) is 2.52. The Morgan fingerprint density at radius 1 is 1.30 bits per heavy atom. The Hall–Kier alpha value is -1.14.